The van der Waals surface area contributed by atoms with Gasteiger partial charge in [-0.2, -0.15) is 0 Å². The smallest absolute Gasteiger partial charge is 0.136 e. The van der Waals surface area contributed by atoms with Crippen molar-refractivity contribution in [2.24, 2.45) is 11.8 Å². The van der Waals surface area contributed by atoms with E-state index in [1.807, 2.05) is 0 Å². The molecule has 0 radical (unpaired) electrons. The van der Waals surface area contributed by atoms with E-state index in [0.717, 1.165) is 38.5 Å². The summed E-state index contributed by atoms with van der Waals surface area (Å²) < 4.78 is 0. The predicted molar refractivity (Wildman–Crippen MR) is 53.9 cm³/mol. The van der Waals surface area contributed by atoms with E-state index in [4.69, 9.17) is 0 Å². The van der Waals surface area contributed by atoms with Crippen molar-refractivity contribution < 1.29 is 9.59 Å². The molecule has 0 N–H and O–H groups in total. The Labute approximate surface area is 85.1 Å². The highest BCUT2D eigenvalue weighted by molar-refractivity contribution is 5.90. The highest BCUT2D eigenvalue weighted by Gasteiger charge is 2.35. The minimum absolute atomic E-state index is 0.0940. The van der Waals surface area contributed by atoms with E-state index in [-0.39, 0.29) is 11.8 Å². The molecule has 2 nitrogen and oxygen atoms in total. The van der Waals surface area contributed by atoms with Gasteiger partial charge in [0, 0.05) is 24.7 Å². The van der Waals surface area contributed by atoms with Gasteiger partial charge in [0.15, 0.2) is 0 Å². The van der Waals surface area contributed by atoms with E-state index in [9.17, 15) is 9.59 Å². The number of rotatable bonds is 1. The van der Waals surface area contributed by atoms with E-state index >= 15 is 0 Å². The van der Waals surface area contributed by atoms with Gasteiger partial charge in [-0.05, 0) is 25.7 Å². The second-order valence-electron chi connectivity index (χ2n) is 4.64. The molecular formula is C12H18O2. The fourth-order valence-electron chi connectivity index (χ4n) is 2.87. The van der Waals surface area contributed by atoms with Gasteiger partial charge in [-0.25, -0.2) is 0 Å². The third-order valence-electron chi connectivity index (χ3n) is 3.69. The summed E-state index contributed by atoms with van der Waals surface area (Å²) in [5.74, 6) is 0.904. The first-order chi connectivity index (χ1) is 6.79. The summed E-state index contributed by atoms with van der Waals surface area (Å²) in [5, 5.41) is 0. The Bertz CT molecular complexity index is 219. The lowest BCUT2D eigenvalue weighted by Gasteiger charge is -2.30. The third kappa shape index (κ3) is 1.89. The summed E-state index contributed by atoms with van der Waals surface area (Å²) in [5.41, 5.74) is 0. The van der Waals surface area contributed by atoms with Gasteiger partial charge in [0.25, 0.3) is 0 Å². The first kappa shape index (κ1) is 9.88. The lowest BCUT2D eigenvalue weighted by atomic mass is 9.72. The molecule has 2 heteroatoms. The summed E-state index contributed by atoms with van der Waals surface area (Å²) >= 11 is 0. The van der Waals surface area contributed by atoms with Crippen molar-refractivity contribution >= 4 is 11.6 Å². The Morgan fingerprint density at radius 2 is 1.14 bits per heavy atom. The van der Waals surface area contributed by atoms with Crippen LogP contribution in [-0.2, 0) is 9.59 Å². The third-order valence-corrected chi connectivity index (χ3v) is 3.69. The Morgan fingerprint density at radius 3 is 1.50 bits per heavy atom. The van der Waals surface area contributed by atoms with Gasteiger partial charge >= 0.3 is 0 Å². The van der Waals surface area contributed by atoms with Crippen LogP contribution in [0.5, 0.6) is 0 Å². The molecule has 2 aliphatic carbocycles. The van der Waals surface area contributed by atoms with Gasteiger partial charge in [0.05, 0.1) is 0 Å². The van der Waals surface area contributed by atoms with Crippen LogP contribution in [0.25, 0.3) is 0 Å². The number of Topliss-reactive ketones (excluding diaryl/α,β-unsaturated/α-hetero) is 2. The monoisotopic (exact) mass is 194 g/mol. The van der Waals surface area contributed by atoms with Crippen molar-refractivity contribution in [1.82, 2.24) is 0 Å². The van der Waals surface area contributed by atoms with Crippen LogP contribution in [-0.4, -0.2) is 11.6 Å². The molecule has 0 aromatic carbocycles. The highest BCUT2D eigenvalue weighted by atomic mass is 16.1. The number of hydrogen-bond donors (Lipinski definition) is 0. The molecule has 0 spiro atoms. The van der Waals surface area contributed by atoms with Crippen LogP contribution in [0.15, 0.2) is 0 Å². The summed E-state index contributed by atoms with van der Waals surface area (Å²) in [6.07, 6.45) is 7.72. The van der Waals surface area contributed by atoms with Crippen LogP contribution in [0.4, 0.5) is 0 Å². The van der Waals surface area contributed by atoms with Crippen molar-refractivity contribution in [3.05, 3.63) is 0 Å². The second kappa shape index (κ2) is 4.24. The maximum Gasteiger partial charge on any atom is 0.136 e. The quantitative estimate of drug-likeness (QED) is 0.642. The van der Waals surface area contributed by atoms with Crippen molar-refractivity contribution in [2.75, 3.05) is 0 Å². The number of carbonyl (C=O) groups is 2. The molecule has 0 aromatic rings. The van der Waals surface area contributed by atoms with Gasteiger partial charge in [-0.3, -0.25) is 9.59 Å². The minimum Gasteiger partial charge on any atom is -0.299 e. The first-order valence-electron chi connectivity index (χ1n) is 5.84. The van der Waals surface area contributed by atoms with Crippen LogP contribution in [0.1, 0.15) is 51.4 Å². The summed E-state index contributed by atoms with van der Waals surface area (Å²) in [4.78, 5) is 23.4. The van der Waals surface area contributed by atoms with Crippen LogP contribution in [0.2, 0.25) is 0 Å². The Hall–Kier alpha value is -0.660. The van der Waals surface area contributed by atoms with E-state index in [1.165, 1.54) is 0 Å². The predicted octanol–water partition coefficient (Wildman–Crippen LogP) is 2.51. The standard InChI is InChI=1S/C12H18O2/c13-11-7-3-1-5-9(11)10-6-2-4-8-12(10)14/h9-10H,1-8H2. The van der Waals surface area contributed by atoms with Gasteiger partial charge in [0.1, 0.15) is 11.6 Å². The Morgan fingerprint density at radius 1 is 0.714 bits per heavy atom. The number of carbonyl (C=O) groups excluding carboxylic acids is 2. The van der Waals surface area contributed by atoms with Gasteiger partial charge in [-0.15, -0.1) is 0 Å². The SMILES string of the molecule is O=C1CCCCC1C1CCCCC1=O. The number of hydrogen-bond acceptors (Lipinski definition) is 2. The van der Waals surface area contributed by atoms with Crippen molar-refractivity contribution in [3.8, 4) is 0 Å². The van der Waals surface area contributed by atoms with Crippen LogP contribution >= 0.6 is 0 Å². The molecule has 0 saturated heterocycles. The lowest BCUT2D eigenvalue weighted by Crippen LogP contribution is -2.33. The molecule has 0 heterocycles. The molecule has 2 aliphatic rings. The molecule has 0 aromatic heterocycles. The maximum atomic E-state index is 11.7. The minimum atomic E-state index is 0.0940. The van der Waals surface area contributed by atoms with Crippen LogP contribution in [0.3, 0.4) is 0 Å². The molecule has 0 amide bonds. The van der Waals surface area contributed by atoms with E-state index < -0.39 is 0 Å². The fraction of sp³-hybridized carbons (Fsp3) is 0.833. The van der Waals surface area contributed by atoms with E-state index in [2.05, 4.69) is 0 Å². The van der Waals surface area contributed by atoms with Crippen LogP contribution in [0, 0.1) is 11.8 Å². The molecule has 0 bridgehead atoms. The maximum absolute atomic E-state index is 11.7. The zero-order chi connectivity index (χ0) is 9.97. The second-order valence-corrected chi connectivity index (χ2v) is 4.64. The van der Waals surface area contributed by atoms with Crippen LogP contribution < -0.4 is 0 Å². The van der Waals surface area contributed by atoms with Crippen molar-refractivity contribution in [3.63, 3.8) is 0 Å². The van der Waals surface area contributed by atoms with Crippen molar-refractivity contribution in [2.45, 2.75) is 51.4 Å². The molecule has 2 rings (SSSR count). The highest BCUT2D eigenvalue weighted by Crippen LogP contribution is 2.34. The van der Waals surface area contributed by atoms with Gasteiger partial charge < -0.3 is 0 Å². The molecule has 2 saturated carbocycles. The zero-order valence-electron chi connectivity index (χ0n) is 8.63. The normalized spacial score (nSPS) is 34.6. The average Bonchev–Trinajstić information content (AvgIpc) is 2.20. The zero-order valence-corrected chi connectivity index (χ0v) is 8.63. The van der Waals surface area contributed by atoms with Gasteiger partial charge in [0.2, 0.25) is 0 Å². The summed E-state index contributed by atoms with van der Waals surface area (Å²) in [7, 11) is 0. The Kier molecular flexibility index (Phi) is 2.99. The molecular weight excluding hydrogens is 176 g/mol. The Balaban J connectivity index is 2.04. The molecule has 2 atom stereocenters. The average molecular weight is 194 g/mol. The molecule has 78 valence electrons. The summed E-state index contributed by atoms with van der Waals surface area (Å²) in [6.45, 7) is 0. The summed E-state index contributed by atoms with van der Waals surface area (Å²) in [6, 6.07) is 0. The molecule has 2 unspecified atom stereocenters. The topological polar surface area (TPSA) is 34.1 Å². The molecule has 14 heavy (non-hydrogen) atoms. The fourth-order valence-corrected chi connectivity index (χ4v) is 2.87. The number of ketones is 2. The van der Waals surface area contributed by atoms with Gasteiger partial charge in [-0.1, -0.05) is 12.8 Å². The van der Waals surface area contributed by atoms with E-state index in [0.29, 0.717) is 24.4 Å². The van der Waals surface area contributed by atoms with Crippen molar-refractivity contribution in [1.29, 1.82) is 0 Å². The molecule has 2 fully saturated rings. The van der Waals surface area contributed by atoms with E-state index in [1.54, 1.807) is 0 Å². The molecule has 0 aliphatic heterocycles. The largest absolute Gasteiger partial charge is 0.299 e. The lowest BCUT2D eigenvalue weighted by molar-refractivity contribution is -0.135. The first-order valence-corrected chi connectivity index (χ1v) is 5.84.